The van der Waals surface area contributed by atoms with Gasteiger partial charge in [0.05, 0.1) is 16.4 Å². The molecule has 1 aliphatic heterocycles. The molecule has 36 heavy (non-hydrogen) atoms. The van der Waals surface area contributed by atoms with E-state index in [1.54, 1.807) is 29.2 Å². The Hall–Kier alpha value is -4.05. The molecular weight excluding hydrogens is 489 g/mol. The molecule has 5 heteroatoms. The molecule has 3 nitrogen and oxygen atoms in total. The van der Waals surface area contributed by atoms with Gasteiger partial charge in [-0.25, -0.2) is 0 Å². The molecule has 4 aromatic carbocycles. The fourth-order valence-electron chi connectivity index (χ4n) is 4.49. The Morgan fingerprint density at radius 1 is 0.778 bits per heavy atom. The van der Waals surface area contributed by atoms with Gasteiger partial charge in [0.2, 0.25) is 0 Å². The Bertz CT molecular complexity index is 1680. The molecule has 1 aliphatic rings. The summed E-state index contributed by atoms with van der Waals surface area (Å²) in [6.07, 6.45) is 3.67. The van der Waals surface area contributed by atoms with Crippen LogP contribution in [0.4, 0.5) is 5.69 Å². The number of benzene rings is 4. The van der Waals surface area contributed by atoms with Crippen LogP contribution in [0.15, 0.2) is 119 Å². The van der Waals surface area contributed by atoms with E-state index in [0.29, 0.717) is 32.7 Å². The molecular formula is C31H19Cl2NO2. The lowest BCUT2D eigenvalue weighted by Gasteiger charge is -2.22. The molecule has 0 saturated carbocycles. The number of nitrogens with zero attached hydrogens (tertiary/aromatic N) is 1. The van der Waals surface area contributed by atoms with Crippen LogP contribution in [0.2, 0.25) is 10.0 Å². The van der Waals surface area contributed by atoms with Crippen LogP contribution in [0.1, 0.15) is 11.3 Å². The van der Waals surface area contributed by atoms with E-state index < -0.39 is 0 Å². The molecule has 0 unspecified atom stereocenters. The summed E-state index contributed by atoms with van der Waals surface area (Å²) < 4.78 is 6.05. The summed E-state index contributed by atoms with van der Waals surface area (Å²) >= 11 is 12.5. The third kappa shape index (κ3) is 4.03. The first kappa shape index (κ1) is 22.4. The van der Waals surface area contributed by atoms with Crippen molar-refractivity contribution in [1.29, 1.82) is 0 Å². The Labute approximate surface area is 218 Å². The monoisotopic (exact) mass is 507 g/mol. The fourth-order valence-corrected chi connectivity index (χ4v) is 4.88. The summed E-state index contributed by atoms with van der Waals surface area (Å²) in [6, 6.07) is 32.9. The van der Waals surface area contributed by atoms with Gasteiger partial charge in [0.25, 0.3) is 5.91 Å². The van der Waals surface area contributed by atoms with Gasteiger partial charge in [-0.15, -0.1) is 0 Å². The summed E-state index contributed by atoms with van der Waals surface area (Å²) in [5, 5.41) is 3.19. The van der Waals surface area contributed by atoms with Gasteiger partial charge in [-0.2, -0.15) is 0 Å². The molecule has 2 heterocycles. The highest BCUT2D eigenvalue weighted by atomic mass is 35.5. The van der Waals surface area contributed by atoms with Gasteiger partial charge in [0.15, 0.2) is 0 Å². The fraction of sp³-hybridized carbons (Fsp3) is 0. The number of fused-ring (bicyclic) bond motifs is 1. The molecule has 0 N–H and O–H groups in total. The van der Waals surface area contributed by atoms with E-state index in [0.717, 1.165) is 27.7 Å². The van der Waals surface area contributed by atoms with Gasteiger partial charge in [-0.3, -0.25) is 9.69 Å². The minimum atomic E-state index is -0.121. The third-order valence-corrected chi connectivity index (χ3v) is 6.74. The zero-order chi connectivity index (χ0) is 24.6. The number of halogens is 2. The zero-order valence-electron chi connectivity index (χ0n) is 19.0. The molecule has 0 bridgehead atoms. The van der Waals surface area contributed by atoms with E-state index in [1.807, 2.05) is 91.0 Å². The third-order valence-electron chi connectivity index (χ3n) is 6.18. The van der Waals surface area contributed by atoms with Crippen molar-refractivity contribution in [3.63, 3.8) is 0 Å². The van der Waals surface area contributed by atoms with Gasteiger partial charge in [0.1, 0.15) is 11.5 Å². The number of carbonyl (C=O) groups is 1. The van der Waals surface area contributed by atoms with Crippen molar-refractivity contribution in [3.05, 3.63) is 136 Å². The minimum Gasteiger partial charge on any atom is -0.457 e. The van der Waals surface area contributed by atoms with Crippen molar-refractivity contribution in [3.8, 4) is 11.3 Å². The van der Waals surface area contributed by atoms with E-state index >= 15 is 0 Å². The standard InChI is InChI=1S/C31H19Cl2NO2/c32-23-13-15-27(33)26(19-23)30-16-14-24(36-30)17-22-18-29(21-8-2-1-3-9-21)34(31(22)35)28-12-6-10-20-7-4-5-11-25(20)28/h1-19H. The molecule has 0 atom stereocenters. The molecule has 6 rings (SSSR count). The number of furan rings is 1. The van der Waals surface area contributed by atoms with Crippen molar-refractivity contribution in [1.82, 2.24) is 0 Å². The molecule has 5 aromatic rings. The normalized spacial score (nSPS) is 14.6. The number of anilines is 1. The second-order valence-electron chi connectivity index (χ2n) is 8.46. The lowest BCUT2D eigenvalue weighted by molar-refractivity contribution is -0.113. The van der Waals surface area contributed by atoms with E-state index in [1.165, 1.54) is 0 Å². The van der Waals surface area contributed by atoms with Gasteiger partial charge < -0.3 is 4.42 Å². The molecule has 0 saturated heterocycles. The average molecular weight is 508 g/mol. The van der Waals surface area contributed by atoms with Crippen molar-refractivity contribution in [2.45, 2.75) is 0 Å². The van der Waals surface area contributed by atoms with Gasteiger partial charge in [0, 0.05) is 21.5 Å². The first-order chi connectivity index (χ1) is 17.6. The van der Waals surface area contributed by atoms with E-state index in [4.69, 9.17) is 27.6 Å². The van der Waals surface area contributed by atoms with Crippen molar-refractivity contribution in [2.24, 2.45) is 0 Å². The van der Waals surface area contributed by atoms with Gasteiger partial charge in [-0.1, -0.05) is 89.9 Å². The molecule has 0 spiro atoms. The summed E-state index contributed by atoms with van der Waals surface area (Å²) in [4.78, 5) is 15.6. The number of amides is 1. The molecule has 1 aromatic heterocycles. The lowest BCUT2D eigenvalue weighted by atomic mass is 10.1. The second-order valence-corrected chi connectivity index (χ2v) is 9.30. The van der Waals surface area contributed by atoms with Crippen molar-refractivity contribution in [2.75, 3.05) is 4.90 Å². The SMILES string of the molecule is O=C1C(=Cc2ccc(-c3cc(Cl)ccc3Cl)o2)C=C(c2ccccc2)N1c1cccc2ccccc12. The number of rotatable bonds is 4. The smallest absolute Gasteiger partial charge is 0.263 e. The van der Waals surface area contributed by atoms with Crippen LogP contribution in [-0.4, -0.2) is 5.91 Å². The van der Waals surface area contributed by atoms with E-state index in [2.05, 4.69) is 0 Å². The second kappa shape index (κ2) is 9.19. The Balaban J connectivity index is 1.45. The summed E-state index contributed by atoms with van der Waals surface area (Å²) in [6.45, 7) is 0. The summed E-state index contributed by atoms with van der Waals surface area (Å²) in [5.74, 6) is 1.01. The lowest BCUT2D eigenvalue weighted by Crippen LogP contribution is -2.25. The van der Waals surface area contributed by atoms with Crippen LogP contribution >= 0.6 is 23.2 Å². The van der Waals surface area contributed by atoms with Crippen LogP contribution < -0.4 is 4.90 Å². The molecule has 174 valence electrons. The van der Waals surface area contributed by atoms with Crippen LogP contribution in [0.3, 0.4) is 0 Å². The Morgan fingerprint density at radius 3 is 2.42 bits per heavy atom. The highest BCUT2D eigenvalue weighted by Gasteiger charge is 2.31. The van der Waals surface area contributed by atoms with Crippen LogP contribution in [0, 0.1) is 0 Å². The van der Waals surface area contributed by atoms with Crippen LogP contribution in [-0.2, 0) is 4.79 Å². The van der Waals surface area contributed by atoms with E-state index in [-0.39, 0.29) is 5.91 Å². The van der Waals surface area contributed by atoms with Crippen LogP contribution in [0.5, 0.6) is 0 Å². The largest absolute Gasteiger partial charge is 0.457 e. The zero-order valence-corrected chi connectivity index (χ0v) is 20.5. The molecule has 0 radical (unpaired) electrons. The number of carbonyl (C=O) groups excluding carboxylic acids is 1. The molecule has 0 fully saturated rings. The maximum atomic E-state index is 13.8. The average Bonchev–Trinajstić information content (AvgIpc) is 3.50. The molecule has 0 aliphatic carbocycles. The maximum absolute atomic E-state index is 13.8. The molecule has 1 amide bonds. The van der Waals surface area contributed by atoms with Gasteiger partial charge >= 0.3 is 0 Å². The summed E-state index contributed by atoms with van der Waals surface area (Å²) in [5.41, 5.74) is 3.83. The first-order valence-electron chi connectivity index (χ1n) is 11.4. The Kier molecular flexibility index (Phi) is 5.73. The van der Waals surface area contributed by atoms with Crippen molar-refractivity contribution >= 4 is 57.3 Å². The quantitative estimate of drug-likeness (QED) is 0.227. The Morgan fingerprint density at radius 2 is 1.56 bits per heavy atom. The number of hydrogen-bond donors (Lipinski definition) is 0. The van der Waals surface area contributed by atoms with Crippen LogP contribution in [0.25, 0.3) is 33.9 Å². The maximum Gasteiger partial charge on any atom is 0.263 e. The van der Waals surface area contributed by atoms with E-state index in [9.17, 15) is 4.79 Å². The predicted octanol–water partition coefficient (Wildman–Crippen LogP) is 8.88. The highest BCUT2D eigenvalue weighted by molar-refractivity contribution is 6.35. The topological polar surface area (TPSA) is 33.5 Å². The predicted molar refractivity (Wildman–Crippen MR) is 148 cm³/mol. The first-order valence-corrected chi connectivity index (χ1v) is 12.2. The highest BCUT2D eigenvalue weighted by Crippen LogP contribution is 2.39. The minimum absolute atomic E-state index is 0.121. The number of hydrogen-bond acceptors (Lipinski definition) is 2. The van der Waals surface area contributed by atoms with Crippen molar-refractivity contribution < 1.29 is 9.21 Å². The summed E-state index contributed by atoms with van der Waals surface area (Å²) in [7, 11) is 0. The van der Waals surface area contributed by atoms with Gasteiger partial charge in [-0.05, 0) is 59.5 Å².